The highest BCUT2D eigenvalue weighted by atomic mass is 79.9. The van der Waals surface area contributed by atoms with E-state index in [1.165, 1.54) is 9.78 Å². The van der Waals surface area contributed by atoms with E-state index in [1.807, 2.05) is 11.8 Å². The number of amides is 3. The van der Waals surface area contributed by atoms with Crippen LogP contribution in [-0.2, 0) is 6.54 Å². The first kappa shape index (κ1) is 21.2. The molecule has 2 aliphatic heterocycles. The Kier molecular flexibility index (Phi) is 6.36. The largest absolute Gasteiger partial charge is 0.336 e. The molecule has 1 fully saturated rings. The Morgan fingerprint density at radius 3 is 2.43 bits per heavy atom. The van der Waals surface area contributed by atoms with Gasteiger partial charge < -0.3 is 4.90 Å². The zero-order valence-electron chi connectivity index (χ0n) is 16.9. The number of carbonyl (C=O) groups excluding carboxylic acids is 3. The summed E-state index contributed by atoms with van der Waals surface area (Å²) in [5.74, 6) is -0.620. The van der Waals surface area contributed by atoms with E-state index in [1.54, 1.807) is 29.5 Å². The van der Waals surface area contributed by atoms with Gasteiger partial charge in [0.05, 0.1) is 14.9 Å². The summed E-state index contributed by atoms with van der Waals surface area (Å²) in [7, 11) is 0. The molecule has 6 nitrogen and oxygen atoms in total. The molecule has 0 saturated carbocycles. The van der Waals surface area contributed by atoms with Crippen LogP contribution >= 0.6 is 27.3 Å². The third kappa shape index (κ3) is 4.22. The molecular formula is C22H24BrN3O3S. The van der Waals surface area contributed by atoms with Crippen LogP contribution in [0, 0.1) is 0 Å². The fraction of sp³-hybridized carbons (Fsp3) is 0.409. The van der Waals surface area contributed by atoms with Crippen molar-refractivity contribution in [3.05, 3.63) is 55.7 Å². The fourth-order valence-electron chi connectivity index (χ4n) is 3.89. The van der Waals surface area contributed by atoms with Crippen molar-refractivity contribution in [3.63, 3.8) is 0 Å². The molecule has 1 aromatic carbocycles. The number of nitrogens with zero attached hydrogens (tertiary/aromatic N) is 3. The van der Waals surface area contributed by atoms with E-state index in [4.69, 9.17) is 0 Å². The third-order valence-corrected chi connectivity index (χ3v) is 7.23. The van der Waals surface area contributed by atoms with E-state index in [9.17, 15) is 14.4 Å². The highest BCUT2D eigenvalue weighted by Crippen LogP contribution is 2.26. The Morgan fingerprint density at radius 1 is 1.03 bits per heavy atom. The van der Waals surface area contributed by atoms with Crippen LogP contribution in [-0.4, -0.2) is 65.1 Å². The number of rotatable bonds is 6. The van der Waals surface area contributed by atoms with Gasteiger partial charge in [0.2, 0.25) is 0 Å². The number of piperazine rings is 1. The molecule has 0 N–H and O–H groups in total. The van der Waals surface area contributed by atoms with E-state index >= 15 is 0 Å². The zero-order valence-corrected chi connectivity index (χ0v) is 19.3. The summed E-state index contributed by atoms with van der Waals surface area (Å²) in [5.41, 5.74) is 1.23. The second kappa shape index (κ2) is 8.99. The van der Waals surface area contributed by atoms with Gasteiger partial charge in [0.1, 0.15) is 0 Å². The lowest BCUT2D eigenvalue weighted by Crippen LogP contribution is -2.48. The Balaban J connectivity index is 1.40. The van der Waals surface area contributed by atoms with Gasteiger partial charge in [0.25, 0.3) is 17.7 Å². The van der Waals surface area contributed by atoms with Gasteiger partial charge in [-0.05, 0) is 52.7 Å². The smallest absolute Gasteiger partial charge is 0.261 e. The molecule has 0 spiro atoms. The Hall–Kier alpha value is -2.03. The predicted octanol–water partition coefficient (Wildman–Crippen LogP) is 3.86. The first-order chi connectivity index (χ1) is 14.5. The predicted molar refractivity (Wildman–Crippen MR) is 120 cm³/mol. The summed E-state index contributed by atoms with van der Waals surface area (Å²) in [4.78, 5) is 44.9. The van der Waals surface area contributed by atoms with Crippen molar-refractivity contribution in [2.24, 2.45) is 0 Å². The Labute approximate surface area is 188 Å². The molecule has 8 heteroatoms. The van der Waals surface area contributed by atoms with Crippen LogP contribution in [0.4, 0.5) is 0 Å². The van der Waals surface area contributed by atoms with Crippen molar-refractivity contribution in [1.82, 2.24) is 14.7 Å². The maximum Gasteiger partial charge on any atom is 0.261 e. The molecule has 0 atom stereocenters. The summed E-state index contributed by atoms with van der Waals surface area (Å²) < 4.78 is 1.13. The molecule has 2 aliphatic rings. The average Bonchev–Trinajstić information content (AvgIpc) is 3.27. The number of hydrogen-bond acceptors (Lipinski definition) is 5. The monoisotopic (exact) mass is 489 g/mol. The summed E-state index contributed by atoms with van der Waals surface area (Å²) in [6.07, 6.45) is 1.69. The number of thiophene rings is 1. The van der Waals surface area contributed by atoms with Crippen LogP contribution in [0.1, 0.15) is 55.7 Å². The van der Waals surface area contributed by atoms with Gasteiger partial charge in [-0.25, -0.2) is 0 Å². The lowest BCUT2D eigenvalue weighted by molar-refractivity contribution is 0.0627. The van der Waals surface area contributed by atoms with Gasteiger partial charge in [0, 0.05) is 49.7 Å². The maximum atomic E-state index is 13.0. The molecule has 1 aromatic heterocycles. The van der Waals surface area contributed by atoms with Gasteiger partial charge in [-0.1, -0.05) is 13.3 Å². The van der Waals surface area contributed by atoms with Crippen molar-refractivity contribution < 1.29 is 14.4 Å². The molecule has 158 valence electrons. The van der Waals surface area contributed by atoms with Crippen molar-refractivity contribution in [3.8, 4) is 0 Å². The standard InChI is InChI=1S/C22H24BrN3O3S/c1-2-3-8-26-21(28)17-6-4-15(13-18(17)22(26)29)20(27)25-11-9-24(10-12-25)14-16-5-7-19(23)30-16/h4-7,13H,2-3,8-12,14H2,1H3. The third-order valence-electron chi connectivity index (χ3n) is 5.62. The van der Waals surface area contributed by atoms with Crippen LogP contribution in [0.2, 0.25) is 0 Å². The molecule has 0 unspecified atom stereocenters. The first-order valence-corrected chi connectivity index (χ1v) is 11.8. The van der Waals surface area contributed by atoms with Crippen LogP contribution in [0.25, 0.3) is 0 Å². The quantitative estimate of drug-likeness (QED) is 0.577. The average molecular weight is 490 g/mol. The van der Waals surface area contributed by atoms with Crippen molar-refractivity contribution in [1.29, 1.82) is 0 Å². The van der Waals surface area contributed by atoms with Gasteiger partial charge in [-0.3, -0.25) is 24.2 Å². The van der Waals surface area contributed by atoms with Gasteiger partial charge in [-0.2, -0.15) is 0 Å². The van der Waals surface area contributed by atoms with E-state index in [-0.39, 0.29) is 17.7 Å². The maximum absolute atomic E-state index is 13.0. The number of carbonyl (C=O) groups is 3. The highest BCUT2D eigenvalue weighted by Gasteiger charge is 2.36. The number of hydrogen-bond donors (Lipinski definition) is 0. The topological polar surface area (TPSA) is 60.9 Å². The van der Waals surface area contributed by atoms with Gasteiger partial charge in [-0.15, -0.1) is 11.3 Å². The van der Waals surface area contributed by atoms with Gasteiger partial charge in [0.15, 0.2) is 0 Å². The Bertz CT molecular complexity index is 982. The van der Waals surface area contributed by atoms with Gasteiger partial charge >= 0.3 is 0 Å². The highest BCUT2D eigenvalue weighted by molar-refractivity contribution is 9.11. The van der Waals surface area contributed by atoms with E-state index in [0.29, 0.717) is 36.3 Å². The molecule has 0 aliphatic carbocycles. The number of unbranched alkanes of at least 4 members (excludes halogenated alkanes) is 1. The number of halogens is 1. The molecule has 30 heavy (non-hydrogen) atoms. The molecule has 3 amide bonds. The molecule has 0 radical (unpaired) electrons. The summed E-state index contributed by atoms with van der Waals surface area (Å²) in [6, 6.07) is 9.08. The van der Waals surface area contributed by atoms with Crippen LogP contribution < -0.4 is 0 Å². The molecule has 0 bridgehead atoms. The van der Waals surface area contributed by atoms with Crippen LogP contribution in [0.3, 0.4) is 0 Å². The van der Waals surface area contributed by atoms with Crippen molar-refractivity contribution in [2.75, 3.05) is 32.7 Å². The van der Waals surface area contributed by atoms with E-state index < -0.39 is 0 Å². The molecule has 1 saturated heterocycles. The summed E-state index contributed by atoms with van der Waals surface area (Å²) in [6.45, 7) is 6.27. The number of benzene rings is 1. The normalized spacial score (nSPS) is 17.0. The molecule has 4 rings (SSSR count). The number of fused-ring (bicyclic) bond motifs is 1. The first-order valence-electron chi connectivity index (χ1n) is 10.2. The molecule has 3 heterocycles. The molecule has 2 aromatic rings. The lowest BCUT2D eigenvalue weighted by Gasteiger charge is -2.34. The SMILES string of the molecule is CCCCN1C(=O)c2ccc(C(=O)N3CCN(Cc4ccc(Br)s4)CC3)cc2C1=O. The van der Waals surface area contributed by atoms with E-state index in [2.05, 4.69) is 33.0 Å². The lowest BCUT2D eigenvalue weighted by atomic mass is 10.0. The Morgan fingerprint density at radius 2 is 1.77 bits per heavy atom. The minimum absolute atomic E-state index is 0.0800. The van der Waals surface area contributed by atoms with Crippen molar-refractivity contribution in [2.45, 2.75) is 26.3 Å². The summed E-state index contributed by atoms with van der Waals surface area (Å²) in [5, 5.41) is 0. The van der Waals surface area contributed by atoms with Crippen molar-refractivity contribution >= 4 is 45.0 Å². The van der Waals surface area contributed by atoms with Crippen LogP contribution in [0.15, 0.2) is 34.1 Å². The fourth-order valence-corrected chi connectivity index (χ4v) is 5.42. The minimum Gasteiger partial charge on any atom is -0.336 e. The zero-order chi connectivity index (χ0) is 21.3. The van der Waals surface area contributed by atoms with Crippen LogP contribution in [0.5, 0.6) is 0 Å². The second-order valence-corrected chi connectivity index (χ2v) is 10.2. The molecular weight excluding hydrogens is 466 g/mol. The minimum atomic E-state index is -0.287. The summed E-state index contributed by atoms with van der Waals surface area (Å²) >= 11 is 5.23. The second-order valence-electron chi connectivity index (χ2n) is 7.65. The van der Waals surface area contributed by atoms with E-state index in [0.717, 1.165) is 36.3 Å². The number of imide groups is 1.